The number of aromatic hydroxyl groups is 1. The van der Waals surface area contributed by atoms with E-state index in [4.69, 9.17) is 9.84 Å². The molecule has 0 aliphatic carbocycles. The van der Waals surface area contributed by atoms with Crippen molar-refractivity contribution < 1.29 is 19.7 Å². The maximum Gasteiger partial charge on any atom is 0.165 e. The Morgan fingerprint density at radius 1 is 1.47 bits per heavy atom. The number of phenolic OH excluding ortho intramolecular Hbond substituents is 1. The van der Waals surface area contributed by atoms with E-state index in [0.717, 1.165) is 0 Å². The predicted molar refractivity (Wildman–Crippen MR) is 56.2 cm³/mol. The van der Waals surface area contributed by atoms with Gasteiger partial charge in [-0.05, 0) is 12.1 Å². The topological polar surface area (TPSA) is 66.8 Å². The van der Waals surface area contributed by atoms with E-state index in [1.54, 1.807) is 0 Å². The van der Waals surface area contributed by atoms with Crippen LogP contribution in [0, 0.1) is 0 Å². The van der Waals surface area contributed by atoms with Gasteiger partial charge in [-0.3, -0.25) is 4.79 Å². The number of phenols is 1. The van der Waals surface area contributed by atoms with E-state index in [-0.39, 0.29) is 18.1 Å². The molecule has 0 radical (unpaired) electrons. The summed E-state index contributed by atoms with van der Waals surface area (Å²) in [4.78, 5) is 10.6. The Labute approximate surface area is 87.4 Å². The van der Waals surface area contributed by atoms with Crippen molar-refractivity contribution in [2.45, 2.75) is 0 Å². The summed E-state index contributed by atoms with van der Waals surface area (Å²) in [6.45, 7) is -0.132. The minimum atomic E-state index is -0.132. The van der Waals surface area contributed by atoms with Gasteiger partial charge in [0.1, 0.15) is 6.29 Å². The SMILES string of the molecule is COc1cc(C=O)cc(C=CCO)c1O. The number of hydrogen-bond acceptors (Lipinski definition) is 4. The fourth-order valence-corrected chi connectivity index (χ4v) is 1.18. The fraction of sp³-hybridized carbons (Fsp3) is 0.182. The Hall–Kier alpha value is -1.81. The molecule has 2 N–H and O–H groups in total. The molecular formula is C11H12O4. The van der Waals surface area contributed by atoms with Crippen LogP contribution in [-0.4, -0.2) is 30.2 Å². The van der Waals surface area contributed by atoms with E-state index in [9.17, 15) is 9.90 Å². The highest BCUT2D eigenvalue weighted by molar-refractivity contribution is 5.79. The van der Waals surface area contributed by atoms with Crippen LogP contribution in [-0.2, 0) is 0 Å². The van der Waals surface area contributed by atoms with E-state index in [1.165, 1.54) is 31.4 Å². The quantitative estimate of drug-likeness (QED) is 0.730. The number of hydrogen-bond donors (Lipinski definition) is 2. The molecule has 1 aromatic carbocycles. The number of benzene rings is 1. The number of rotatable bonds is 4. The molecule has 0 bridgehead atoms. The molecule has 0 spiro atoms. The zero-order chi connectivity index (χ0) is 11.3. The zero-order valence-electron chi connectivity index (χ0n) is 8.30. The fourth-order valence-electron chi connectivity index (χ4n) is 1.18. The van der Waals surface area contributed by atoms with E-state index < -0.39 is 0 Å². The van der Waals surface area contributed by atoms with Gasteiger partial charge in [-0.25, -0.2) is 0 Å². The first-order valence-electron chi connectivity index (χ1n) is 4.36. The van der Waals surface area contributed by atoms with Crippen LogP contribution in [0.5, 0.6) is 11.5 Å². The van der Waals surface area contributed by atoms with Crippen molar-refractivity contribution in [3.8, 4) is 11.5 Å². The highest BCUT2D eigenvalue weighted by Crippen LogP contribution is 2.31. The van der Waals surface area contributed by atoms with Crippen LogP contribution < -0.4 is 4.74 Å². The van der Waals surface area contributed by atoms with Gasteiger partial charge in [0.15, 0.2) is 11.5 Å². The molecule has 1 aromatic rings. The molecule has 1 rings (SSSR count). The lowest BCUT2D eigenvalue weighted by Crippen LogP contribution is -1.90. The van der Waals surface area contributed by atoms with Crippen LogP contribution in [0.4, 0.5) is 0 Å². The molecule has 0 aromatic heterocycles. The molecule has 0 saturated heterocycles. The Morgan fingerprint density at radius 3 is 2.73 bits per heavy atom. The monoisotopic (exact) mass is 208 g/mol. The largest absolute Gasteiger partial charge is 0.504 e. The highest BCUT2D eigenvalue weighted by atomic mass is 16.5. The summed E-state index contributed by atoms with van der Waals surface area (Å²) in [5.41, 5.74) is 0.840. The first-order chi connectivity index (χ1) is 7.22. The summed E-state index contributed by atoms with van der Waals surface area (Å²) >= 11 is 0. The summed E-state index contributed by atoms with van der Waals surface area (Å²) in [6.07, 6.45) is 3.65. The smallest absolute Gasteiger partial charge is 0.165 e. The average molecular weight is 208 g/mol. The van der Waals surface area contributed by atoms with Crippen LogP contribution in [0.15, 0.2) is 18.2 Å². The minimum Gasteiger partial charge on any atom is -0.504 e. The molecule has 4 nitrogen and oxygen atoms in total. The van der Waals surface area contributed by atoms with Gasteiger partial charge in [-0.2, -0.15) is 0 Å². The third kappa shape index (κ3) is 2.57. The predicted octanol–water partition coefficient (Wildman–Crippen LogP) is 1.22. The molecule has 0 fully saturated rings. The van der Waals surface area contributed by atoms with Gasteiger partial charge in [0.2, 0.25) is 0 Å². The van der Waals surface area contributed by atoms with Gasteiger partial charge in [-0.15, -0.1) is 0 Å². The summed E-state index contributed by atoms with van der Waals surface area (Å²) in [6, 6.07) is 2.95. The molecule has 0 saturated carbocycles. The van der Waals surface area contributed by atoms with Crippen molar-refractivity contribution in [2.24, 2.45) is 0 Å². The molecule has 0 atom stereocenters. The second kappa shape index (κ2) is 5.17. The Bertz CT molecular complexity index is 382. The number of carbonyl (C=O) groups is 1. The Kier molecular flexibility index (Phi) is 3.88. The van der Waals surface area contributed by atoms with Gasteiger partial charge in [0, 0.05) is 11.1 Å². The van der Waals surface area contributed by atoms with Gasteiger partial charge in [0.25, 0.3) is 0 Å². The van der Waals surface area contributed by atoms with E-state index in [0.29, 0.717) is 17.4 Å². The van der Waals surface area contributed by atoms with Crippen LogP contribution in [0.3, 0.4) is 0 Å². The molecule has 0 aliphatic rings. The molecular weight excluding hydrogens is 196 g/mol. The van der Waals surface area contributed by atoms with Crippen molar-refractivity contribution in [3.05, 3.63) is 29.3 Å². The van der Waals surface area contributed by atoms with Crippen molar-refractivity contribution in [3.63, 3.8) is 0 Å². The normalized spacial score (nSPS) is 10.5. The second-order valence-electron chi connectivity index (χ2n) is 2.86. The summed E-state index contributed by atoms with van der Waals surface area (Å²) in [5.74, 6) is 0.185. The van der Waals surface area contributed by atoms with Gasteiger partial charge < -0.3 is 14.9 Å². The van der Waals surface area contributed by atoms with Gasteiger partial charge >= 0.3 is 0 Å². The first kappa shape index (κ1) is 11.3. The molecule has 0 heterocycles. The Balaban J connectivity index is 3.23. The number of carbonyl (C=O) groups excluding carboxylic acids is 1. The lowest BCUT2D eigenvalue weighted by Gasteiger charge is -2.07. The highest BCUT2D eigenvalue weighted by Gasteiger charge is 2.07. The number of methoxy groups -OCH3 is 1. The second-order valence-corrected chi connectivity index (χ2v) is 2.86. The van der Waals surface area contributed by atoms with Crippen molar-refractivity contribution >= 4 is 12.4 Å². The lowest BCUT2D eigenvalue weighted by molar-refractivity contribution is 0.112. The number of aliphatic hydroxyl groups excluding tert-OH is 1. The standard InChI is InChI=1S/C11H12O4/c1-15-10-6-8(7-13)5-9(11(10)14)3-2-4-12/h2-3,5-7,12,14H,4H2,1H3. The van der Waals surface area contributed by atoms with Crippen LogP contribution >= 0.6 is 0 Å². The van der Waals surface area contributed by atoms with Crippen molar-refractivity contribution in [1.82, 2.24) is 0 Å². The van der Waals surface area contributed by atoms with Crippen LogP contribution in [0.2, 0.25) is 0 Å². The molecule has 0 amide bonds. The van der Waals surface area contributed by atoms with E-state index in [2.05, 4.69) is 0 Å². The average Bonchev–Trinajstić information content (AvgIpc) is 2.27. The number of ether oxygens (including phenoxy) is 1. The molecule has 0 unspecified atom stereocenters. The maximum atomic E-state index is 10.6. The Morgan fingerprint density at radius 2 is 2.20 bits per heavy atom. The molecule has 4 heteroatoms. The van der Waals surface area contributed by atoms with Crippen LogP contribution in [0.25, 0.3) is 6.08 Å². The molecule has 0 aliphatic heterocycles. The summed E-state index contributed by atoms with van der Waals surface area (Å²) in [7, 11) is 1.41. The minimum absolute atomic E-state index is 0.0483. The van der Waals surface area contributed by atoms with E-state index >= 15 is 0 Å². The third-order valence-electron chi connectivity index (χ3n) is 1.89. The maximum absolute atomic E-state index is 10.6. The van der Waals surface area contributed by atoms with Gasteiger partial charge in [0.05, 0.1) is 13.7 Å². The number of aliphatic hydroxyl groups is 1. The zero-order valence-corrected chi connectivity index (χ0v) is 8.30. The lowest BCUT2D eigenvalue weighted by atomic mass is 10.1. The van der Waals surface area contributed by atoms with Crippen molar-refractivity contribution in [1.29, 1.82) is 0 Å². The van der Waals surface area contributed by atoms with E-state index in [1.807, 2.05) is 0 Å². The van der Waals surface area contributed by atoms with Crippen molar-refractivity contribution in [2.75, 3.05) is 13.7 Å². The summed E-state index contributed by atoms with van der Waals surface area (Å²) < 4.78 is 4.90. The molecule has 15 heavy (non-hydrogen) atoms. The van der Waals surface area contributed by atoms with Crippen LogP contribution in [0.1, 0.15) is 15.9 Å². The molecule has 80 valence electrons. The van der Waals surface area contributed by atoms with Gasteiger partial charge in [-0.1, -0.05) is 12.2 Å². The number of aldehydes is 1. The third-order valence-corrected chi connectivity index (χ3v) is 1.89. The first-order valence-corrected chi connectivity index (χ1v) is 4.36. The summed E-state index contributed by atoms with van der Waals surface area (Å²) in [5, 5.41) is 18.3.